The first kappa shape index (κ1) is 17.0. The van der Waals surface area contributed by atoms with Gasteiger partial charge in [-0.2, -0.15) is 5.10 Å². The number of benzene rings is 1. The highest BCUT2D eigenvalue weighted by molar-refractivity contribution is 5.75. The number of aromatic nitrogens is 4. The quantitative estimate of drug-likeness (QED) is 0.708. The summed E-state index contributed by atoms with van der Waals surface area (Å²) in [5, 5.41) is 5.40. The number of piperidine rings is 1. The van der Waals surface area contributed by atoms with E-state index in [1.165, 1.54) is 18.5 Å². The van der Waals surface area contributed by atoms with Gasteiger partial charge in [0.15, 0.2) is 5.65 Å². The molecule has 2 aromatic heterocycles. The molecule has 0 aliphatic carbocycles. The molecule has 0 N–H and O–H groups in total. The summed E-state index contributed by atoms with van der Waals surface area (Å²) in [7, 11) is 0. The molecule has 0 spiro atoms. The average Bonchev–Trinajstić information content (AvgIpc) is 3.14. The molecule has 0 bridgehead atoms. The molecular formula is C20H26N6. The van der Waals surface area contributed by atoms with Gasteiger partial charge in [0.05, 0.1) is 17.3 Å². The van der Waals surface area contributed by atoms with Crippen LogP contribution in [0.4, 0.5) is 5.69 Å². The summed E-state index contributed by atoms with van der Waals surface area (Å²) in [5.41, 5.74) is 3.16. The van der Waals surface area contributed by atoms with Crippen molar-refractivity contribution in [2.75, 3.05) is 31.1 Å². The second-order valence-electron chi connectivity index (χ2n) is 6.81. The molecule has 1 saturated heterocycles. The van der Waals surface area contributed by atoms with Crippen molar-refractivity contribution in [1.82, 2.24) is 24.6 Å². The van der Waals surface area contributed by atoms with E-state index in [-0.39, 0.29) is 0 Å². The van der Waals surface area contributed by atoms with Crippen molar-refractivity contribution in [3.8, 4) is 5.69 Å². The third-order valence-electron chi connectivity index (χ3n) is 5.48. The van der Waals surface area contributed by atoms with Gasteiger partial charge < -0.3 is 9.80 Å². The Balaban J connectivity index is 1.47. The van der Waals surface area contributed by atoms with E-state index >= 15 is 0 Å². The maximum atomic E-state index is 4.45. The van der Waals surface area contributed by atoms with Gasteiger partial charge in [-0.15, -0.1) is 0 Å². The van der Waals surface area contributed by atoms with Crippen molar-refractivity contribution >= 4 is 16.7 Å². The first-order valence-electron chi connectivity index (χ1n) is 9.53. The largest absolute Gasteiger partial charge is 0.371 e. The fourth-order valence-electron chi connectivity index (χ4n) is 4.00. The lowest BCUT2D eigenvalue weighted by molar-refractivity contribution is 0.186. The number of hydrogen-bond acceptors (Lipinski definition) is 5. The summed E-state index contributed by atoms with van der Waals surface area (Å²) in [6, 6.07) is 9.38. The summed E-state index contributed by atoms with van der Waals surface area (Å²) in [6.45, 7) is 9.07. The Morgan fingerprint density at radius 2 is 1.69 bits per heavy atom. The zero-order chi connectivity index (χ0) is 17.9. The van der Waals surface area contributed by atoms with Crippen molar-refractivity contribution in [2.45, 2.75) is 32.7 Å². The summed E-state index contributed by atoms with van der Waals surface area (Å²) < 4.78 is 1.87. The second kappa shape index (κ2) is 7.41. The third-order valence-corrected chi connectivity index (χ3v) is 5.48. The van der Waals surface area contributed by atoms with Gasteiger partial charge in [0.1, 0.15) is 6.33 Å². The monoisotopic (exact) mass is 350 g/mol. The molecule has 26 heavy (non-hydrogen) atoms. The van der Waals surface area contributed by atoms with Crippen LogP contribution in [-0.2, 0) is 0 Å². The molecule has 4 rings (SSSR count). The van der Waals surface area contributed by atoms with E-state index < -0.39 is 0 Å². The second-order valence-corrected chi connectivity index (χ2v) is 6.81. The predicted molar refractivity (Wildman–Crippen MR) is 105 cm³/mol. The molecule has 0 radical (unpaired) electrons. The molecule has 0 amide bonds. The molecule has 1 fully saturated rings. The van der Waals surface area contributed by atoms with E-state index in [4.69, 9.17) is 0 Å². The van der Waals surface area contributed by atoms with E-state index in [0.29, 0.717) is 0 Å². The first-order chi connectivity index (χ1) is 12.8. The number of anilines is 1. The van der Waals surface area contributed by atoms with Crippen molar-refractivity contribution in [1.29, 1.82) is 0 Å². The minimum absolute atomic E-state index is 0.732. The van der Waals surface area contributed by atoms with Crippen molar-refractivity contribution in [2.24, 2.45) is 0 Å². The lowest BCUT2D eigenvalue weighted by Gasteiger charge is -2.38. The van der Waals surface area contributed by atoms with Crippen LogP contribution in [-0.4, -0.2) is 56.9 Å². The molecule has 1 aliphatic rings. The van der Waals surface area contributed by atoms with E-state index in [1.54, 1.807) is 18.7 Å². The Morgan fingerprint density at radius 3 is 2.38 bits per heavy atom. The topological polar surface area (TPSA) is 50.1 Å². The molecule has 6 nitrogen and oxygen atoms in total. The van der Waals surface area contributed by atoms with Gasteiger partial charge in [0.25, 0.3) is 0 Å². The molecule has 6 heteroatoms. The predicted octanol–water partition coefficient (Wildman–Crippen LogP) is 3.13. The third kappa shape index (κ3) is 3.17. The van der Waals surface area contributed by atoms with E-state index in [0.717, 1.165) is 48.9 Å². The van der Waals surface area contributed by atoms with Crippen LogP contribution in [0.5, 0.6) is 0 Å². The van der Waals surface area contributed by atoms with Crippen LogP contribution in [0.2, 0.25) is 0 Å². The number of rotatable bonds is 5. The molecule has 1 aliphatic heterocycles. The van der Waals surface area contributed by atoms with Gasteiger partial charge in [0.2, 0.25) is 0 Å². The molecule has 3 aromatic rings. The van der Waals surface area contributed by atoms with E-state index in [2.05, 4.69) is 63.0 Å². The maximum absolute atomic E-state index is 4.45. The zero-order valence-electron chi connectivity index (χ0n) is 15.5. The van der Waals surface area contributed by atoms with Crippen LogP contribution in [0.15, 0.2) is 43.0 Å². The zero-order valence-corrected chi connectivity index (χ0v) is 15.5. The Kier molecular flexibility index (Phi) is 4.84. The lowest BCUT2D eigenvalue weighted by Crippen LogP contribution is -2.44. The SMILES string of the molecule is CCN(CC)C1CCN(c2ccc(-n3ncc4cncnc43)cc2)CC1. The lowest BCUT2D eigenvalue weighted by atomic mass is 10.0. The smallest absolute Gasteiger partial charge is 0.166 e. The van der Waals surface area contributed by atoms with Gasteiger partial charge in [0, 0.05) is 31.0 Å². The van der Waals surface area contributed by atoms with E-state index in [1.807, 2.05) is 4.68 Å². The Morgan fingerprint density at radius 1 is 1.00 bits per heavy atom. The molecule has 0 saturated carbocycles. The van der Waals surface area contributed by atoms with Crippen LogP contribution in [0, 0.1) is 0 Å². The number of hydrogen-bond donors (Lipinski definition) is 0. The van der Waals surface area contributed by atoms with E-state index in [9.17, 15) is 0 Å². The minimum atomic E-state index is 0.732. The van der Waals surface area contributed by atoms with Gasteiger partial charge >= 0.3 is 0 Å². The van der Waals surface area contributed by atoms with Gasteiger partial charge in [-0.1, -0.05) is 13.8 Å². The Labute approximate surface area is 154 Å². The van der Waals surface area contributed by atoms with Crippen LogP contribution in [0.3, 0.4) is 0 Å². The number of fused-ring (bicyclic) bond motifs is 1. The normalized spacial score (nSPS) is 15.9. The minimum Gasteiger partial charge on any atom is -0.371 e. The average molecular weight is 350 g/mol. The highest BCUT2D eigenvalue weighted by atomic mass is 15.3. The van der Waals surface area contributed by atoms with Crippen molar-refractivity contribution in [3.05, 3.63) is 43.0 Å². The molecule has 1 aromatic carbocycles. The van der Waals surface area contributed by atoms with Crippen LogP contribution in [0.25, 0.3) is 16.7 Å². The highest BCUT2D eigenvalue weighted by Crippen LogP contribution is 2.24. The summed E-state index contributed by atoms with van der Waals surface area (Å²) in [4.78, 5) is 13.5. The van der Waals surface area contributed by atoms with Crippen LogP contribution < -0.4 is 4.90 Å². The first-order valence-corrected chi connectivity index (χ1v) is 9.53. The van der Waals surface area contributed by atoms with Crippen LogP contribution >= 0.6 is 0 Å². The summed E-state index contributed by atoms with van der Waals surface area (Å²) >= 11 is 0. The molecule has 3 heterocycles. The highest BCUT2D eigenvalue weighted by Gasteiger charge is 2.23. The standard InChI is InChI=1S/C20H26N6/c1-3-24(4-2)18-9-11-25(12-10-18)17-5-7-19(8-6-17)26-20-16(14-23-26)13-21-15-22-20/h5-8,13-15,18H,3-4,9-12H2,1-2H3. The van der Waals surface area contributed by atoms with Crippen molar-refractivity contribution < 1.29 is 0 Å². The molecular weight excluding hydrogens is 324 g/mol. The molecule has 0 atom stereocenters. The Bertz CT molecular complexity index is 844. The fraction of sp³-hybridized carbons (Fsp3) is 0.450. The van der Waals surface area contributed by atoms with Gasteiger partial charge in [-0.05, 0) is 50.2 Å². The number of nitrogens with zero attached hydrogens (tertiary/aromatic N) is 6. The molecule has 136 valence electrons. The van der Waals surface area contributed by atoms with Crippen LogP contribution in [0.1, 0.15) is 26.7 Å². The van der Waals surface area contributed by atoms with Gasteiger partial charge in [-0.3, -0.25) is 0 Å². The molecule has 0 unspecified atom stereocenters. The van der Waals surface area contributed by atoms with Gasteiger partial charge in [-0.25, -0.2) is 14.6 Å². The fourth-order valence-corrected chi connectivity index (χ4v) is 4.00. The summed E-state index contributed by atoms with van der Waals surface area (Å²) in [5.74, 6) is 0. The van der Waals surface area contributed by atoms with Crippen molar-refractivity contribution in [3.63, 3.8) is 0 Å². The maximum Gasteiger partial charge on any atom is 0.166 e. The Hall–Kier alpha value is -2.47. The summed E-state index contributed by atoms with van der Waals surface area (Å²) in [6.07, 6.45) is 7.64.